The summed E-state index contributed by atoms with van der Waals surface area (Å²) < 4.78 is 0. The molecule has 4 nitrogen and oxygen atoms in total. The Morgan fingerprint density at radius 3 is 2.70 bits per heavy atom. The van der Waals surface area contributed by atoms with E-state index in [0.717, 1.165) is 30.1 Å². The first-order valence-corrected chi connectivity index (χ1v) is 9.20. The fraction of sp³-hybridized carbons (Fsp3) is 0.632. The first-order valence-electron chi connectivity index (χ1n) is 9.20. The molecule has 1 saturated heterocycles. The Bertz CT molecular complexity index is 563. The van der Waals surface area contributed by atoms with Gasteiger partial charge in [-0.1, -0.05) is 12.5 Å². The van der Waals surface area contributed by atoms with Crippen LogP contribution in [0.25, 0.3) is 0 Å². The molecule has 0 aromatic heterocycles. The van der Waals surface area contributed by atoms with Crippen LogP contribution in [0.15, 0.2) is 24.3 Å². The zero-order chi connectivity index (χ0) is 15.6. The van der Waals surface area contributed by atoms with Crippen molar-refractivity contribution in [3.63, 3.8) is 0 Å². The first kappa shape index (κ1) is 15.0. The molecule has 2 aliphatic carbocycles. The largest absolute Gasteiger partial charge is 0.382 e. The summed E-state index contributed by atoms with van der Waals surface area (Å²) >= 11 is 0. The van der Waals surface area contributed by atoms with E-state index >= 15 is 0 Å². The first-order chi connectivity index (χ1) is 11.3. The molecule has 2 saturated carbocycles. The van der Waals surface area contributed by atoms with Crippen LogP contribution in [0.5, 0.6) is 0 Å². The summed E-state index contributed by atoms with van der Waals surface area (Å²) in [6.45, 7) is 1.18. The molecule has 3 fully saturated rings. The quantitative estimate of drug-likeness (QED) is 0.781. The summed E-state index contributed by atoms with van der Waals surface area (Å²) in [6.07, 6.45) is 8.62. The highest BCUT2D eigenvalue weighted by Crippen LogP contribution is 2.34. The topological polar surface area (TPSA) is 53.2 Å². The molecule has 1 aromatic carbocycles. The van der Waals surface area contributed by atoms with Gasteiger partial charge in [0, 0.05) is 29.4 Å². The van der Waals surface area contributed by atoms with Crippen molar-refractivity contribution in [3.8, 4) is 0 Å². The SMILES string of the molecule is O=C(Nc1cccc(NC2CCCC2C2CCCN2)c1)C1CC1. The smallest absolute Gasteiger partial charge is 0.227 e. The van der Waals surface area contributed by atoms with E-state index in [-0.39, 0.29) is 11.8 Å². The van der Waals surface area contributed by atoms with Gasteiger partial charge in [0.2, 0.25) is 5.91 Å². The Labute approximate surface area is 138 Å². The van der Waals surface area contributed by atoms with E-state index in [1.54, 1.807) is 0 Å². The second-order valence-electron chi connectivity index (χ2n) is 7.39. The number of anilines is 2. The summed E-state index contributed by atoms with van der Waals surface area (Å²) in [5.41, 5.74) is 2.05. The normalized spacial score (nSPS) is 30.3. The van der Waals surface area contributed by atoms with Gasteiger partial charge in [-0.2, -0.15) is 0 Å². The van der Waals surface area contributed by atoms with E-state index < -0.39 is 0 Å². The van der Waals surface area contributed by atoms with Gasteiger partial charge in [0.1, 0.15) is 0 Å². The lowest BCUT2D eigenvalue weighted by Gasteiger charge is -2.27. The number of rotatable bonds is 5. The number of hydrogen-bond donors (Lipinski definition) is 3. The summed E-state index contributed by atoms with van der Waals surface area (Å²) in [5, 5.41) is 10.5. The Morgan fingerprint density at radius 2 is 1.91 bits per heavy atom. The van der Waals surface area contributed by atoms with E-state index in [0.29, 0.717) is 12.1 Å². The summed E-state index contributed by atoms with van der Waals surface area (Å²) in [5.74, 6) is 1.16. The molecule has 3 N–H and O–H groups in total. The molecular formula is C19H27N3O. The maximum absolute atomic E-state index is 11.9. The van der Waals surface area contributed by atoms with Crippen molar-refractivity contribution in [2.45, 2.75) is 57.0 Å². The average molecular weight is 313 g/mol. The monoisotopic (exact) mass is 313 g/mol. The van der Waals surface area contributed by atoms with Crippen molar-refractivity contribution in [3.05, 3.63) is 24.3 Å². The molecular weight excluding hydrogens is 286 g/mol. The lowest BCUT2D eigenvalue weighted by molar-refractivity contribution is -0.117. The predicted octanol–water partition coefficient (Wildman–Crippen LogP) is 3.37. The Balaban J connectivity index is 1.40. The second kappa shape index (κ2) is 6.52. The molecule has 23 heavy (non-hydrogen) atoms. The van der Waals surface area contributed by atoms with Gasteiger partial charge in [0.05, 0.1) is 0 Å². The van der Waals surface area contributed by atoms with Gasteiger partial charge in [-0.25, -0.2) is 0 Å². The number of hydrogen-bond acceptors (Lipinski definition) is 3. The van der Waals surface area contributed by atoms with E-state index in [1.165, 1.54) is 38.6 Å². The molecule has 1 aromatic rings. The molecule has 3 aliphatic rings. The zero-order valence-electron chi connectivity index (χ0n) is 13.7. The van der Waals surface area contributed by atoms with Crippen LogP contribution in [-0.2, 0) is 4.79 Å². The summed E-state index contributed by atoms with van der Waals surface area (Å²) in [4.78, 5) is 11.9. The summed E-state index contributed by atoms with van der Waals surface area (Å²) in [6, 6.07) is 9.45. The molecule has 3 atom stereocenters. The van der Waals surface area contributed by atoms with E-state index in [4.69, 9.17) is 0 Å². The van der Waals surface area contributed by atoms with Crippen LogP contribution < -0.4 is 16.0 Å². The Kier molecular flexibility index (Phi) is 4.25. The average Bonchev–Trinajstić information content (AvgIpc) is 3.07. The van der Waals surface area contributed by atoms with Crippen LogP contribution in [-0.4, -0.2) is 24.5 Å². The number of amides is 1. The third kappa shape index (κ3) is 3.52. The number of benzene rings is 1. The third-order valence-corrected chi connectivity index (χ3v) is 5.61. The maximum Gasteiger partial charge on any atom is 0.227 e. The van der Waals surface area contributed by atoms with Crippen molar-refractivity contribution in [2.24, 2.45) is 11.8 Å². The fourth-order valence-corrected chi connectivity index (χ4v) is 4.22. The standard InChI is InChI=1S/C19H27N3O/c23-19(13-9-10-13)22-15-5-1-4-14(12-15)21-18-7-2-6-16(18)17-8-3-11-20-17/h1,4-5,12-13,16-18,20-21H,2-3,6-11H2,(H,22,23). The minimum absolute atomic E-state index is 0.177. The molecule has 1 heterocycles. The molecule has 4 rings (SSSR count). The van der Waals surface area contributed by atoms with E-state index in [2.05, 4.69) is 28.1 Å². The van der Waals surface area contributed by atoms with Crippen molar-refractivity contribution < 1.29 is 4.79 Å². The van der Waals surface area contributed by atoms with Crippen LogP contribution >= 0.6 is 0 Å². The number of carbonyl (C=O) groups is 1. The predicted molar refractivity (Wildman–Crippen MR) is 93.6 cm³/mol. The van der Waals surface area contributed by atoms with Crippen molar-refractivity contribution in [2.75, 3.05) is 17.2 Å². The highest BCUT2D eigenvalue weighted by atomic mass is 16.2. The van der Waals surface area contributed by atoms with Crippen LogP contribution in [0.1, 0.15) is 44.9 Å². The minimum atomic E-state index is 0.177. The van der Waals surface area contributed by atoms with Gasteiger partial charge in [0.25, 0.3) is 0 Å². The molecule has 124 valence electrons. The van der Waals surface area contributed by atoms with Crippen LogP contribution in [0.2, 0.25) is 0 Å². The maximum atomic E-state index is 11.9. The Hall–Kier alpha value is -1.55. The van der Waals surface area contributed by atoms with Crippen LogP contribution in [0, 0.1) is 11.8 Å². The molecule has 1 amide bonds. The van der Waals surface area contributed by atoms with Crippen molar-refractivity contribution in [1.29, 1.82) is 0 Å². The molecule has 0 radical (unpaired) electrons. The molecule has 0 bridgehead atoms. The fourth-order valence-electron chi connectivity index (χ4n) is 4.22. The van der Waals surface area contributed by atoms with Crippen LogP contribution in [0.3, 0.4) is 0 Å². The Morgan fingerprint density at radius 1 is 1.04 bits per heavy atom. The minimum Gasteiger partial charge on any atom is -0.382 e. The van der Waals surface area contributed by atoms with Crippen molar-refractivity contribution >= 4 is 17.3 Å². The number of nitrogens with one attached hydrogen (secondary N) is 3. The third-order valence-electron chi connectivity index (χ3n) is 5.61. The molecule has 4 heteroatoms. The van der Waals surface area contributed by atoms with Gasteiger partial charge in [-0.05, 0) is 69.2 Å². The van der Waals surface area contributed by atoms with Gasteiger partial charge >= 0.3 is 0 Å². The summed E-state index contributed by atoms with van der Waals surface area (Å²) in [7, 11) is 0. The lowest BCUT2D eigenvalue weighted by atomic mass is 9.93. The molecule has 3 unspecified atom stereocenters. The number of carbonyl (C=O) groups excluding carboxylic acids is 1. The van der Waals surface area contributed by atoms with Gasteiger partial charge in [-0.3, -0.25) is 4.79 Å². The van der Waals surface area contributed by atoms with Gasteiger partial charge in [0.15, 0.2) is 0 Å². The van der Waals surface area contributed by atoms with Crippen LogP contribution in [0.4, 0.5) is 11.4 Å². The highest BCUT2D eigenvalue weighted by molar-refractivity contribution is 5.94. The lowest BCUT2D eigenvalue weighted by Crippen LogP contribution is -2.38. The molecule has 0 spiro atoms. The highest BCUT2D eigenvalue weighted by Gasteiger charge is 2.35. The van der Waals surface area contributed by atoms with Crippen molar-refractivity contribution in [1.82, 2.24) is 5.32 Å². The van der Waals surface area contributed by atoms with Gasteiger partial charge in [-0.15, -0.1) is 0 Å². The van der Waals surface area contributed by atoms with E-state index in [9.17, 15) is 4.79 Å². The van der Waals surface area contributed by atoms with E-state index in [1.807, 2.05) is 12.1 Å². The second-order valence-corrected chi connectivity index (χ2v) is 7.39. The molecule has 1 aliphatic heterocycles. The van der Waals surface area contributed by atoms with Gasteiger partial charge < -0.3 is 16.0 Å². The zero-order valence-corrected chi connectivity index (χ0v) is 13.7.